The fourth-order valence-corrected chi connectivity index (χ4v) is 2.66. The van der Waals surface area contributed by atoms with Gasteiger partial charge >= 0.3 is 0 Å². The number of aromatic amines is 1. The summed E-state index contributed by atoms with van der Waals surface area (Å²) in [5.74, 6) is 0.756. The lowest BCUT2D eigenvalue weighted by Crippen LogP contribution is -1.91. The quantitative estimate of drug-likeness (QED) is 0.767. The van der Waals surface area contributed by atoms with Crippen LogP contribution in [0.1, 0.15) is 0 Å². The maximum absolute atomic E-state index is 6.08. The molecule has 4 nitrogen and oxygen atoms in total. The monoisotopic (exact) mass is 337 g/mol. The van der Waals surface area contributed by atoms with E-state index in [4.69, 9.17) is 16.3 Å². The highest BCUT2D eigenvalue weighted by molar-refractivity contribution is 9.10. The number of ether oxygens (including phenoxy) is 1. The van der Waals surface area contributed by atoms with Crippen LogP contribution in [0, 0.1) is 0 Å². The van der Waals surface area contributed by atoms with Crippen molar-refractivity contribution in [1.82, 2.24) is 15.0 Å². The highest BCUT2D eigenvalue weighted by atomic mass is 79.9. The average Bonchev–Trinajstić information content (AvgIpc) is 2.74. The molecule has 0 atom stereocenters. The number of para-hydroxylation sites is 1. The Morgan fingerprint density at radius 2 is 2.05 bits per heavy atom. The van der Waals surface area contributed by atoms with E-state index in [9.17, 15) is 0 Å². The van der Waals surface area contributed by atoms with Crippen molar-refractivity contribution in [2.24, 2.45) is 0 Å². The molecule has 0 bridgehead atoms. The molecule has 0 aliphatic heterocycles. The number of aromatic nitrogens is 3. The molecule has 0 aliphatic rings. The Hall–Kier alpha value is -1.59. The third-order valence-corrected chi connectivity index (χ3v) is 4.15. The minimum atomic E-state index is 0.506. The van der Waals surface area contributed by atoms with Gasteiger partial charge in [0.2, 0.25) is 0 Å². The fraction of sp³-hybridized carbons (Fsp3) is 0.0769. The van der Waals surface area contributed by atoms with Gasteiger partial charge < -0.3 is 9.72 Å². The van der Waals surface area contributed by atoms with Crippen LogP contribution in [0.3, 0.4) is 0 Å². The Bertz CT molecular complexity index is 757. The van der Waals surface area contributed by atoms with Gasteiger partial charge in [-0.2, -0.15) is 0 Å². The first kappa shape index (κ1) is 12.4. The lowest BCUT2D eigenvalue weighted by atomic mass is 10.1. The molecule has 0 spiro atoms. The van der Waals surface area contributed by atoms with E-state index in [1.54, 1.807) is 7.11 Å². The number of nitrogens with zero attached hydrogens (tertiary/aromatic N) is 2. The summed E-state index contributed by atoms with van der Waals surface area (Å²) < 4.78 is 6.13. The molecule has 0 saturated heterocycles. The van der Waals surface area contributed by atoms with Crippen LogP contribution in [0.4, 0.5) is 0 Å². The van der Waals surface area contributed by atoms with E-state index < -0.39 is 0 Å². The average molecular weight is 339 g/mol. The summed E-state index contributed by atoms with van der Waals surface area (Å²) >= 11 is 9.55. The van der Waals surface area contributed by atoms with Gasteiger partial charge in [-0.05, 0) is 28.1 Å². The largest absolute Gasteiger partial charge is 0.496 e. The summed E-state index contributed by atoms with van der Waals surface area (Å²) in [4.78, 5) is 11.5. The fourth-order valence-electron chi connectivity index (χ4n) is 2.00. The number of halogens is 2. The van der Waals surface area contributed by atoms with Crippen LogP contribution in [0.5, 0.6) is 5.75 Å². The standard InChI is InChI=1S/C13H9BrClN3O/c1-19-8-5-3-2-4-7(8)11-9-10(14)12(15)18-13(9)17-6-16-11/h2-6H,1H3,(H,16,17,18). The van der Waals surface area contributed by atoms with Gasteiger partial charge in [0, 0.05) is 5.56 Å². The van der Waals surface area contributed by atoms with E-state index in [0.717, 1.165) is 26.9 Å². The molecule has 1 N–H and O–H groups in total. The SMILES string of the molecule is COc1ccccc1-c1ncnc2[nH]c(Cl)c(Br)c12. The molecule has 6 heteroatoms. The van der Waals surface area contributed by atoms with Crippen LogP contribution < -0.4 is 4.74 Å². The highest BCUT2D eigenvalue weighted by Crippen LogP contribution is 2.38. The smallest absolute Gasteiger partial charge is 0.143 e. The zero-order valence-corrected chi connectivity index (χ0v) is 12.3. The Kier molecular flexibility index (Phi) is 3.16. The minimum Gasteiger partial charge on any atom is -0.496 e. The number of benzene rings is 1. The van der Waals surface area contributed by atoms with Crippen molar-refractivity contribution in [2.75, 3.05) is 7.11 Å². The summed E-state index contributed by atoms with van der Waals surface area (Å²) in [6.45, 7) is 0. The second kappa shape index (κ2) is 4.83. The van der Waals surface area contributed by atoms with E-state index in [-0.39, 0.29) is 0 Å². The van der Waals surface area contributed by atoms with Gasteiger partial charge in [-0.15, -0.1) is 0 Å². The summed E-state index contributed by atoms with van der Waals surface area (Å²) in [6, 6.07) is 7.70. The highest BCUT2D eigenvalue weighted by Gasteiger charge is 2.17. The first-order valence-corrected chi connectivity index (χ1v) is 6.70. The van der Waals surface area contributed by atoms with E-state index >= 15 is 0 Å². The molecule has 0 unspecified atom stereocenters. The molecule has 0 fully saturated rings. The van der Waals surface area contributed by atoms with Crippen molar-refractivity contribution in [3.05, 3.63) is 40.2 Å². The van der Waals surface area contributed by atoms with Gasteiger partial charge in [0.25, 0.3) is 0 Å². The molecular formula is C13H9BrClN3O. The van der Waals surface area contributed by atoms with Gasteiger partial charge in [0.05, 0.1) is 22.7 Å². The van der Waals surface area contributed by atoms with Crippen LogP contribution in [-0.2, 0) is 0 Å². The third kappa shape index (κ3) is 1.99. The Balaban J connectivity index is 2.36. The first-order valence-electron chi connectivity index (χ1n) is 5.53. The molecular weight excluding hydrogens is 330 g/mol. The third-order valence-electron chi connectivity index (χ3n) is 2.85. The normalized spacial score (nSPS) is 10.9. The molecule has 0 saturated carbocycles. The van der Waals surface area contributed by atoms with Gasteiger partial charge in [-0.1, -0.05) is 23.7 Å². The second-order valence-electron chi connectivity index (χ2n) is 3.90. The summed E-state index contributed by atoms with van der Waals surface area (Å²) in [7, 11) is 1.64. The Labute approximate surface area is 122 Å². The van der Waals surface area contributed by atoms with E-state index in [2.05, 4.69) is 30.9 Å². The van der Waals surface area contributed by atoms with Gasteiger partial charge in [0.1, 0.15) is 22.9 Å². The van der Waals surface area contributed by atoms with Crippen LogP contribution in [-0.4, -0.2) is 22.1 Å². The predicted octanol–water partition coefficient (Wildman–Crippen LogP) is 4.05. The van der Waals surface area contributed by atoms with E-state index in [1.807, 2.05) is 24.3 Å². The van der Waals surface area contributed by atoms with E-state index in [0.29, 0.717) is 10.8 Å². The molecule has 19 heavy (non-hydrogen) atoms. The maximum Gasteiger partial charge on any atom is 0.143 e. The second-order valence-corrected chi connectivity index (χ2v) is 5.07. The van der Waals surface area contributed by atoms with Crippen molar-refractivity contribution in [1.29, 1.82) is 0 Å². The molecule has 0 amide bonds. The Morgan fingerprint density at radius 3 is 2.84 bits per heavy atom. The molecule has 2 heterocycles. The molecule has 0 radical (unpaired) electrons. The number of fused-ring (bicyclic) bond motifs is 1. The molecule has 3 rings (SSSR count). The molecule has 0 aliphatic carbocycles. The van der Waals surface area contributed by atoms with Crippen LogP contribution >= 0.6 is 27.5 Å². The summed E-state index contributed by atoms with van der Waals surface area (Å²) in [5.41, 5.74) is 2.36. The van der Waals surface area contributed by atoms with Gasteiger partial charge in [-0.3, -0.25) is 0 Å². The van der Waals surface area contributed by atoms with Crippen LogP contribution in [0.2, 0.25) is 5.15 Å². The van der Waals surface area contributed by atoms with Crippen LogP contribution in [0.25, 0.3) is 22.3 Å². The van der Waals surface area contributed by atoms with Crippen molar-refractivity contribution in [2.45, 2.75) is 0 Å². The molecule has 2 aromatic heterocycles. The number of rotatable bonds is 2. The topological polar surface area (TPSA) is 50.8 Å². The summed E-state index contributed by atoms with van der Waals surface area (Å²) in [6.07, 6.45) is 1.50. The van der Waals surface area contributed by atoms with Crippen molar-refractivity contribution >= 4 is 38.6 Å². The minimum absolute atomic E-state index is 0.506. The number of methoxy groups -OCH3 is 1. The van der Waals surface area contributed by atoms with Crippen molar-refractivity contribution in [3.63, 3.8) is 0 Å². The lowest BCUT2D eigenvalue weighted by Gasteiger charge is -2.08. The number of hydrogen-bond acceptors (Lipinski definition) is 3. The number of nitrogens with one attached hydrogen (secondary N) is 1. The molecule has 96 valence electrons. The zero-order chi connectivity index (χ0) is 13.4. The maximum atomic E-state index is 6.08. The number of H-pyrrole nitrogens is 1. The van der Waals surface area contributed by atoms with Crippen LogP contribution in [0.15, 0.2) is 35.1 Å². The zero-order valence-electron chi connectivity index (χ0n) is 9.95. The molecule has 1 aromatic carbocycles. The van der Waals surface area contributed by atoms with Gasteiger partial charge in [0.15, 0.2) is 0 Å². The molecule has 3 aromatic rings. The Morgan fingerprint density at radius 1 is 1.26 bits per heavy atom. The van der Waals surface area contributed by atoms with Gasteiger partial charge in [-0.25, -0.2) is 9.97 Å². The van der Waals surface area contributed by atoms with Crippen molar-refractivity contribution in [3.8, 4) is 17.0 Å². The first-order chi connectivity index (χ1) is 9.22. The number of hydrogen-bond donors (Lipinski definition) is 1. The van der Waals surface area contributed by atoms with E-state index in [1.165, 1.54) is 6.33 Å². The lowest BCUT2D eigenvalue weighted by molar-refractivity contribution is 0.416. The summed E-state index contributed by atoms with van der Waals surface area (Å²) in [5, 5.41) is 1.35. The predicted molar refractivity (Wildman–Crippen MR) is 78.6 cm³/mol. The van der Waals surface area contributed by atoms with Crippen molar-refractivity contribution < 1.29 is 4.74 Å².